The summed E-state index contributed by atoms with van der Waals surface area (Å²) in [4.78, 5) is 4.29. The molecule has 1 aromatic heterocycles. The zero-order valence-corrected chi connectivity index (χ0v) is 13.9. The molecule has 4 nitrogen and oxygen atoms in total. The van der Waals surface area contributed by atoms with Gasteiger partial charge in [-0.2, -0.15) is 0 Å². The van der Waals surface area contributed by atoms with Crippen molar-refractivity contribution >= 4 is 0 Å². The van der Waals surface area contributed by atoms with Crippen LogP contribution in [0.2, 0.25) is 0 Å². The van der Waals surface area contributed by atoms with Gasteiger partial charge < -0.3 is 4.74 Å². The Hall–Kier alpha value is -2.83. The van der Waals surface area contributed by atoms with Crippen LogP contribution in [0, 0.1) is 5.92 Å². The van der Waals surface area contributed by atoms with Crippen molar-refractivity contribution in [2.75, 3.05) is 0 Å². The number of hydrogen-bond acceptors (Lipinski definition) is 3. The highest BCUT2D eigenvalue weighted by Crippen LogP contribution is 2.46. The van der Waals surface area contributed by atoms with Crippen LogP contribution in [0.1, 0.15) is 24.8 Å². The van der Waals surface area contributed by atoms with E-state index in [2.05, 4.69) is 33.9 Å². The Labute approximate surface area is 148 Å². The number of hydrogen-bond donors (Lipinski definition) is 0. The first-order valence-electron chi connectivity index (χ1n) is 8.27. The van der Waals surface area contributed by atoms with E-state index in [0.717, 1.165) is 11.5 Å². The van der Waals surface area contributed by atoms with Crippen LogP contribution < -0.4 is 4.74 Å². The number of alkyl halides is 3. The smallest absolute Gasteiger partial charge is 0.406 e. The van der Waals surface area contributed by atoms with Gasteiger partial charge >= 0.3 is 6.36 Å². The van der Waals surface area contributed by atoms with Gasteiger partial charge in [-0.3, -0.25) is 0 Å². The summed E-state index contributed by atoms with van der Waals surface area (Å²) in [6, 6.07) is 13.7. The zero-order chi connectivity index (χ0) is 18.3. The monoisotopic (exact) mass is 359 g/mol. The molecule has 0 N–H and O–H groups in total. The van der Waals surface area contributed by atoms with Gasteiger partial charge in [0.1, 0.15) is 12.1 Å². The Morgan fingerprint density at radius 2 is 1.69 bits per heavy atom. The van der Waals surface area contributed by atoms with Crippen LogP contribution in [-0.4, -0.2) is 21.1 Å². The molecule has 1 heterocycles. The summed E-state index contributed by atoms with van der Waals surface area (Å²) in [6.07, 6.45) is -1.93. The third kappa shape index (κ3) is 3.56. The highest BCUT2D eigenvalue weighted by Gasteiger charge is 2.33. The quantitative estimate of drug-likeness (QED) is 0.661. The fourth-order valence-corrected chi connectivity index (χ4v) is 2.99. The van der Waals surface area contributed by atoms with Crippen molar-refractivity contribution in [3.63, 3.8) is 0 Å². The van der Waals surface area contributed by atoms with Crippen LogP contribution in [0.3, 0.4) is 0 Å². The molecule has 2 aromatic carbocycles. The standard InChI is InChI=1S/C19H16F3N3O/c1-12-10-17(12)13-2-4-14(5-3-13)18-23-11-25(24-18)15-6-8-16(9-7-15)26-19(20,21)22/h2-9,11-12,17H,10H2,1H3. The summed E-state index contributed by atoms with van der Waals surface area (Å²) in [7, 11) is 0. The Kier molecular flexibility index (Phi) is 3.94. The van der Waals surface area contributed by atoms with E-state index in [4.69, 9.17) is 0 Å². The van der Waals surface area contributed by atoms with Crippen LogP contribution in [-0.2, 0) is 0 Å². The maximum Gasteiger partial charge on any atom is 0.573 e. The largest absolute Gasteiger partial charge is 0.573 e. The Bertz CT molecular complexity index is 901. The normalized spacial score (nSPS) is 19.4. The van der Waals surface area contributed by atoms with E-state index in [1.807, 2.05) is 12.1 Å². The number of aromatic nitrogens is 3. The Morgan fingerprint density at radius 3 is 2.27 bits per heavy atom. The number of rotatable bonds is 4. The number of benzene rings is 2. The predicted molar refractivity (Wildman–Crippen MR) is 90.0 cm³/mol. The number of nitrogens with zero attached hydrogens (tertiary/aromatic N) is 3. The molecule has 1 fully saturated rings. The molecule has 7 heteroatoms. The Balaban J connectivity index is 1.50. The second kappa shape index (κ2) is 6.16. The van der Waals surface area contributed by atoms with Gasteiger partial charge in [0.2, 0.25) is 0 Å². The van der Waals surface area contributed by atoms with Crippen molar-refractivity contribution in [2.45, 2.75) is 25.6 Å². The maximum atomic E-state index is 12.2. The molecule has 4 rings (SSSR count). The van der Waals surface area contributed by atoms with Crippen molar-refractivity contribution < 1.29 is 17.9 Å². The highest BCUT2D eigenvalue weighted by atomic mass is 19.4. The lowest BCUT2D eigenvalue weighted by molar-refractivity contribution is -0.274. The minimum absolute atomic E-state index is 0.272. The average Bonchev–Trinajstić information content (AvgIpc) is 3.13. The van der Waals surface area contributed by atoms with Crippen LogP contribution in [0.25, 0.3) is 17.1 Å². The molecule has 1 saturated carbocycles. The van der Waals surface area contributed by atoms with Crippen LogP contribution in [0.5, 0.6) is 5.75 Å². The third-order valence-electron chi connectivity index (χ3n) is 4.53. The van der Waals surface area contributed by atoms with Crippen LogP contribution in [0.4, 0.5) is 13.2 Å². The average molecular weight is 359 g/mol. The van der Waals surface area contributed by atoms with Gasteiger partial charge in [-0.05, 0) is 48.1 Å². The first-order valence-corrected chi connectivity index (χ1v) is 8.27. The fraction of sp³-hybridized carbons (Fsp3) is 0.263. The van der Waals surface area contributed by atoms with Gasteiger partial charge in [0, 0.05) is 5.56 Å². The molecule has 2 unspecified atom stereocenters. The van der Waals surface area contributed by atoms with Crippen molar-refractivity contribution in [1.82, 2.24) is 14.8 Å². The molecule has 0 radical (unpaired) electrons. The maximum absolute atomic E-state index is 12.2. The molecule has 3 aromatic rings. The van der Waals surface area contributed by atoms with E-state index < -0.39 is 6.36 Å². The third-order valence-corrected chi connectivity index (χ3v) is 4.53. The second-order valence-corrected chi connectivity index (χ2v) is 6.50. The minimum Gasteiger partial charge on any atom is -0.406 e. The lowest BCUT2D eigenvalue weighted by atomic mass is 10.1. The summed E-state index contributed by atoms with van der Waals surface area (Å²) < 4.78 is 42.0. The highest BCUT2D eigenvalue weighted by molar-refractivity contribution is 5.55. The molecule has 2 atom stereocenters. The summed E-state index contributed by atoms with van der Waals surface area (Å²) >= 11 is 0. The van der Waals surface area contributed by atoms with Gasteiger partial charge in [0.05, 0.1) is 5.69 Å². The van der Waals surface area contributed by atoms with Crippen LogP contribution >= 0.6 is 0 Å². The molecular formula is C19H16F3N3O. The fourth-order valence-electron chi connectivity index (χ4n) is 2.99. The lowest BCUT2D eigenvalue weighted by Gasteiger charge is -2.09. The van der Waals surface area contributed by atoms with E-state index >= 15 is 0 Å². The van der Waals surface area contributed by atoms with E-state index in [1.54, 1.807) is 0 Å². The van der Waals surface area contributed by atoms with E-state index in [0.29, 0.717) is 17.4 Å². The first-order chi connectivity index (χ1) is 12.4. The molecule has 0 bridgehead atoms. The lowest BCUT2D eigenvalue weighted by Crippen LogP contribution is -2.17. The van der Waals surface area contributed by atoms with Crippen molar-refractivity contribution in [1.29, 1.82) is 0 Å². The number of ether oxygens (including phenoxy) is 1. The molecule has 1 aliphatic carbocycles. The molecule has 26 heavy (non-hydrogen) atoms. The Morgan fingerprint density at radius 1 is 1.04 bits per heavy atom. The zero-order valence-electron chi connectivity index (χ0n) is 13.9. The summed E-state index contributed by atoms with van der Waals surface area (Å²) in [5.74, 6) is 1.71. The van der Waals surface area contributed by atoms with E-state index in [9.17, 15) is 13.2 Å². The van der Waals surface area contributed by atoms with Crippen molar-refractivity contribution in [3.05, 3.63) is 60.4 Å². The first kappa shape index (κ1) is 16.6. The van der Waals surface area contributed by atoms with E-state index in [-0.39, 0.29) is 5.75 Å². The molecular weight excluding hydrogens is 343 g/mol. The number of halogens is 3. The van der Waals surface area contributed by atoms with Gasteiger partial charge in [-0.15, -0.1) is 18.3 Å². The molecule has 0 saturated heterocycles. The molecule has 0 spiro atoms. The molecule has 1 aliphatic rings. The van der Waals surface area contributed by atoms with Gasteiger partial charge in [0.15, 0.2) is 5.82 Å². The summed E-state index contributed by atoms with van der Waals surface area (Å²) in [6.45, 7) is 2.24. The van der Waals surface area contributed by atoms with Gasteiger partial charge in [-0.1, -0.05) is 31.2 Å². The second-order valence-electron chi connectivity index (χ2n) is 6.50. The van der Waals surface area contributed by atoms with Crippen molar-refractivity contribution in [2.24, 2.45) is 5.92 Å². The SMILES string of the molecule is CC1CC1c1ccc(-c2ncn(-c3ccc(OC(F)(F)F)cc3)n2)cc1. The predicted octanol–water partition coefficient (Wildman–Crippen LogP) is 4.96. The minimum atomic E-state index is -4.70. The van der Waals surface area contributed by atoms with Gasteiger partial charge in [-0.25, -0.2) is 9.67 Å². The van der Waals surface area contributed by atoms with Crippen LogP contribution in [0.15, 0.2) is 54.9 Å². The summed E-state index contributed by atoms with van der Waals surface area (Å²) in [5, 5.41) is 4.40. The van der Waals surface area contributed by atoms with Crippen molar-refractivity contribution in [3.8, 4) is 22.8 Å². The summed E-state index contributed by atoms with van der Waals surface area (Å²) in [5.41, 5.74) is 2.83. The molecule has 0 aliphatic heterocycles. The molecule has 0 amide bonds. The molecule has 134 valence electrons. The van der Waals surface area contributed by atoms with E-state index in [1.165, 1.54) is 47.3 Å². The topological polar surface area (TPSA) is 39.9 Å². The van der Waals surface area contributed by atoms with Gasteiger partial charge in [0.25, 0.3) is 0 Å².